The average molecular weight is 435 g/mol. The first kappa shape index (κ1) is 19.6. The summed E-state index contributed by atoms with van der Waals surface area (Å²) in [6.07, 6.45) is 0.623. The molecule has 9 nitrogen and oxygen atoms in total. The lowest BCUT2D eigenvalue weighted by molar-refractivity contribution is 0.0600. The Morgan fingerprint density at radius 3 is 2.69 bits per heavy atom. The van der Waals surface area contributed by atoms with Crippen LogP contribution in [0.3, 0.4) is 0 Å². The predicted octanol–water partition coefficient (Wildman–Crippen LogP) is 2.77. The molecule has 0 amide bonds. The van der Waals surface area contributed by atoms with Crippen LogP contribution in [0.4, 0.5) is 5.00 Å². The predicted molar refractivity (Wildman–Crippen MR) is 104 cm³/mol. The van der Waals surface area contributed by atoms with Crippen molar-refractivity contribution in [3.8, 4) is 11.5 Å². The summed E-state index contributed by atoms with van der Waals surface area (Å²) in [6, 6.07) is 5.50. The van der Waals surface area contributed by atoms with E-state index in [2.05, 4.69) is 19.6 Å². The average Bonchev–Trinajstić information content (AvgIpc) is 3.29. The summed E-state index contributed by atoms with van der Waals surface area (Å²) < 4.78 is 43.9. The van der Waals surface area contributed by atoms with E-state index in [1.165, 1.54) is 42.7 Å². The smallest absolute Gasteiger partial charge is 0.337 e. The molecular weight excluding hydrogens is 418 g/mol. The first-order chi connectivity index (χ1) is 13.9. The number of anilines is 1. The summed E-state index contributed by atoms with van der Waals surface area (Å²) in [5.41, 5.74) is 1.80. The monoisotopic (exact) mass is 435 g/mol. The molecule has 0 fully saturated rings. The highest BCUT2D eigenvalue weighted by atomic mass is 32.2. The molecule has 4 rings (SSSR count). The standard InChI is InChI=1S/C18H17N3O6S2/c1-10-19-16(27-20-10)15-13-7-8-26-9-14(13)28-17(15)21-29(23,24)12-5-3-11(4-6-12)18(22)25-2/h3-6,21H,7-9H2,1-2H3. The van der Waals surface area contributed by atoms with Crippen LogP contribution in [0.2, 0.25) is 0 Å². The van der Waals surface area contributed by atoms with Crippen LogP contribution >= 0.6 is 11.3 Å². The number of aromatic nitrogens is 2. The van der Waals surface area contributed by atoms with Gasteiger partial charge in [-0.1, -0.05) is 5.16 Å². The molecule has 0 aliphatic carbocycles. The summed E-state index contributed by atoms with van der Waals surface area (Å²) in [7, 11) is -2.65. The van der Waals surface area contributed by atoms with Gasteiger partial charge in [-0.2, -0.15) is 4.98 Å². The third-order valence-corrected chi connectivity index (χ3v) is 6.99. The molecule has 29 heavy (non-hydrogen) atoms. The van der Waals surface area contributed by atoms with Crippen molar-refractivity contribution in [2.75, 3.05) is 18.4 Å². The van der Waals surface area contributed by atoms with Crippen molar-refractivity contribution in [1.82, 2.24) is 10.1 Å². The zero-order valence-corrected chi connectivity index (χ0v) is 17.2. The Bertz CT molecular complexity index is 1160. The highest BCUT2D eigenvalue weighted by molar-refractivity contribution is 7.93. The fraction of sp³-hybridized carbons (Fsp3) is 0.278. The normalized spacial score (nSPS) is 13.7. The lowest BCUT2D eigenvalue weighted by atomic mass is 10.1. The van der Waals surface area contributed by atoms with Gasteiger partial charge >= 0.3 is 5.97 Å². The minimum Gasteiger partial charge on any atom is -0.465 e. The summed E-state index contributed by atoms with van der Waals surface area (Å²) in [5.74, 6) is 0.182. The number of thiophene rings is 1. The van der Waals surface area contributed by atoms with Gasteiger partial charge in [-0.3, -0.25) is 4.72 Å². The van der Waals surface area contributed by atoms with Gasteiger partial charge in [0.05, 0.1) is 36.3 Å². The third-order valence-electron chi connectivity index (χ3n) is 4.37. The molecule has 3 heterocycles. The van der Waals surface area contributed by atoms with E-state index in [9.17, 15) is 13.2 Å². The summed E-state index contributed by atoms with van der Waals surface area (Å²) >= 11 is 1.28. The van der Waals surface area contributed by atoms with E-state index < -0.39 is 16.0 Å². The fourth-order valence-corrected chi connectivity index (χ4v) is 5.48. The molecule has 0 atom stereocenters. The molecule has 0 bridgehead atoms. The highest BCUT2D eigenvalue weighted by Gasteiger charge is 2.28. The second-order valence-electron chi connectivity index (χ2n) is 6.28. The molecule has 11 heteroatoms. The van der Waals surface area contributed by atoms with Crippen molar-refractivity contribution in [2.24, 2.45) is 0 Å². The molecule has 3 aromatic rings. The number of hydrogen-bond donors (Lipinski definition) is 1. The zero-order chi connectivity index (χ0) is 20.6. The third kappa shape index (κ3) is 3.76. The lowest BCUT2D eigenvalue weighted by Gasteiger charge is -2.12. The van der Waals surface area contributed by atoms with Crippen molar-refractivity contribution in [3.05, 3.63) is 46.1 Å². The minimum absolute atomic E-state index is 0.0143. The first-order valence-corrected chi connectivity index (χ1v) is 10.9. The van der Waals surface area contributed by atoms with Crippen LogP contribution in [-0.4, -0.2) is 38.2 Å². The van der Waals surface area contributed by atoms with Gasteiger partial charge in [0.1, 0.15) is 5.00 Å². The van der Waals surface area contributed by atoms with Crippen molar-refractivity contribution in [2.45, 2.75) is 24.8 Å². The number of esters is 1. The Morgan fingerprint density at radius 2 is 2.03 bits per heavy atom. The van der Waals surface area contributed by atoms with E-state index in [0.29, 0.717) is 36.0 Å². The van der Waals surface area contributed by atoms with Crippen molar-refractivity contribution >= 4 is 32.3 Å². The number of aryl methyl sites for hydroxylation is 1. The number of hydrogen-bond acceptors (Lipinski definition) is 9. The topological polar surface area (TPSA) is 121 Å². The van der Waals surface area contributed by atoms with E-state index in [-0.39, 0.29) is 16.3 Å². The molecule has 152 valence electrons. The Morgan fingerprint density at radius 1 is 1.28 bits per heavy atom. The van der Waals surface area contributed by atoms with Crippen LogP contribution in [0.5, 0.6) is 0 Å². The van der Waals surface area contributed by atoms with Gasteiger partial charge in [-0.25, -0.2) is 13.2 Å². The van der Waals surface area contributed by atoms with Crippen LogP contribution in [-0.2, 0) is 32.5 Å². The van der Waals surface area contributed by atoms with Crippen LogP contribution in [0, 0.1) is 6.92 Å². The number of nitrogens with zero attached hydrogens (tertiary/aromatic N) is 2. The van der Waals surface area contributed by atoms with Gasteiger partial charge in [-0.15, -0.1) is 11.3 Å². The maximum atomic E-state index is 12.9. The molecule has 0 saturated carbocycles. The number of nitrogens with one attached hydrogen (secondary N) is 1. The van der Waals surface area contributed by atoms with E-state index in [0.717, 1.165) is 10.4 Å². The summed E-state index contributed by atoms with van der Waals surface area (Å²) in [5, 5.41) is 4.21. The van der Waals surface area contributed by atoms with Crippen LogP contribution < -0.4 is 4.72 Å². The number of ether oxygens (including phenoxy) is 2. The van der Waals surface area contributed by atoms with Gasteiger partial charge in [-0.05, 0) is 43.2 Å². The van der Waals surface area contributed by atoms with Gasteiger partial charge in [0, 0.05) is 4.88 Å². The summed E-state index contributed by atoms with van der Waals surface area (Å²) in [6.45, 7) is 2.63. The highest BCUT2D eigenvalue weighted by Crippen LogP contribution is 2.43. The quantitative estimate of drug-likeness (QED) is 0.608. The summed E-state index contributed by atoms with van der Waals surface area (Å²) in [4.78, 5) is 16.8. The molecular formula is C18H17N3O6S2. The molecule has 0 saturated heterocycles. The molecule has 0 spiro atoms. The second kappa shape index (κ2) is 7.58. The first-order valence-electron chi connectivity index (χ1n) is 8.63. The fourth-order valence-electron chi connectivity index (χ4n) is 3.00. The van der Waals surface area contributed by atoms with E-state index in [1.807, 2.05) is 0 Å². The Balaban J connectivity index is 1.72. The minimum atomic E-state index is -3.91. The molecule has 0 unspecified atom stereocenters. The zero-order valence-electron chi connectivity index (χ0n) is 15.6. The number of carbonyl (C=O) groups is 1. The molecule has 1 aliphatic rings. The van der Waals surface area contributed by atoms with Gasteiger partial charge in [0.25, 0.3) is 15.9 Å². The molecule has 1 aromatic carbocycles. The number of fused-ring (bicyclic) bond motifs is 1. The largest absolute Gasteiger partial charge is 0.465 e. The van der Waals surface area contributed by atoms with Crippen molar-refractivity contribution < 1.29 is 27.2 Å². The number of rotatable bonds is 5. The van der Waals surface area contributed by atoms with E-state index >= 15 is 0 Å². The van der Waals surface area contributed by atoms with E-state index in [1.54, 1.807) is 6.92 Å². The Kier molecular flexibility index (Phi) is 5.11. The van der Waals surface area contributed by atoms with Crippen LogP contribution in [0.25, 0.3) is 11.5 Å². The van der Waals surface area contributed by atoms with E-state index in [4.69, 9.17) is 9.26 Å². The number of benzene rings is 1. The maximum Gasteiger partial charge on any atom is 0.337 e. The number of methoxy groups -OCH3 is 1. The van der Waals surface area contributed by atoms with Crippen LogP contribution in [0.15, 0.2) is 33.7 Å². The lowest BCUT2D eigenvalue weighted by Crippen LogP contribution is -2.13. The van der Waals surface area contributed by atoms with Gasteiger partial charge in [0.15, 0.2) is 5.82 Å². The van der Waals surface area contributed by atoms with Crippen molar-refractivity contribution in [1.29, 1.82) is 0 Å². The van der Waals surface area contributed by atoms with Gasteiger partial charge < -0.3 is 14.0 Å². The Labute approximate surface area is 170 Å². The molecule has 1 N–H and O–H groups in total. The molecule has 1 aliphatic heterocycles. The second-order valence-corrected chi connectivity index (χ2v) is 9.07. The van der Waals surface area contributed by atoms with Crippen LogP contribution in [0.1, 0.15) is 26.6 Å². The Hall–Kier alpha value is -2.76. The number of sulfonamides is 1. The molecule has 2 aromatic heterocycles. The van der Waals surface area contributed by atoms with Gasteiger partial charge in [0.2, 0.25) is 0 Å². The number of carbonyl (C=O) groups excluding carboxylic acids is 1. The molecule has 0 radical (unpaired) electrons. The maximum absolute atomic E-state index is 12.9. The SMILES string of the molecule is COC(=O)c1ccc(S(=O)(=O)Nc2sc3c(c2-c2nc(C)no2)CCOC3)cc1. The van der Waals surface area contributed by atoms with Crippen molar-refractivity contribution in [3.63, 3.8) is 0 Å².